The molecule has 1 heterocycles. The summed E-state index contributed by atoms with van der Waals surface area (Å²) in [6.07, 6.45) is -0.619. The van der Waals surface area contributed by atoms with E-state index in [4.69, 9.17) is 5.73 Å². The van der Waals surface area contributed by atoms with Crippen molar-refractivity contribution in [2.24, 2.45) is 5.73 Å². The number of hydrogen-bond acceptors (Lipinski definition) is 5. The molecule has 0 aliphatic carbocycles. The van der Waals surface area contributed by atoms with Crippen LogP contribution in [-0.2, 0) is 4.79 Å². The monoisotopic (exact) mass is 224 g/mol. The summed E-state index contributed by atoms with van der Waals surface area (Å²) in [4.78, 5) is 25.4. The Bertz CT molecular complexity index is 419. The third-order valence-electron chi connectivity index (χ3n) is 2.10. The number of aliphatic hydroxyl groups excluding tert-OH is 2. The van der Waals surface area contributed by atoms with E-state index in [9.17, 15) is 19.8 Å². The van der Waals surface area contributed by atoms with Crippen LogP contribution in [0.2, 0.25) is 0 Å². The second-order valence-electron chi connectivity index (χ2n) is 3.36. The van der Waals surface area contributed by atoms with Crippen LogP contribution < -0.4 is 5.73 Å². The molecule has 2 atom stereocenters. The molecule has 0 aliphatic rings. The van der Waals surface area contributed by atoms with Crippen molar-refractivity contribution in [1.82, 2.24) is 4.98 Å². The third kappa shape index (κ3) is 2.62. The van der Waals surface area contributed by atoms with Gasteiger partial charge in [0.25, 0.3) is 0 Å². The first-order valence-corrected chi connectivity index (χ1v) is 4.55. The smallest absolute Gasteiger partial charge is 0.249 e. The number of nitrogens with zero attached hydrogens (tertiary/aromatic N) is 1. The van der Waals surface area contributed by atoms with Gasteiger partial charge in [0, 0.05) is 23.5 Å². The lowest BCUT2D eigenvalue weighted by atomic mass is 10.0. The van der Waals surface area contributed by atoms with Gasteiger partial charge < -0.3 is 15.9 Å². The van der Waals surface area contributed by atoms with Gasteiger partial charge in [0.05, 0.1) is 0 Å². The predicted octanol–water partition coefficient (Wildman–Crippen LogP) is -0.836. The molecule has 0 saturated heterocycles. The molecule has 0 bridgehead atoms. The van der Waals surface area contributed by atoms with Gasteiger partial charge >= 0.3 is 0 Å². The molecule has 0 aromatic carbocycles. The van der Waals surface area contributed by atoms with Crippen molar-refractivity contribution in [2.75, 3.05) is 0 Å². The highest BCUT2D eigenvalue weighted by Crippen LogP contribution is 2.17. The standard InChI is InChI=1S/C10H12N2O4/c1-5(13)6-2-7(4-12-3-6)8(14)9(15)10(11)16/h2-4,8-9,14-15H,1H3,(H2,11,16). The van der Waals surface area contributed by atoms with Crippen molar-refractivity contribution in [1.29, 1.82) is 0 Å². The molecule has 0 radical (unpaired) electrons. The van der Waals surface area contributed by atoms with E-state index in [0.717, 1.165) is 0 Å². The summed E-state index contributed by atoms with van der Waals surface area (Å²) >= 11 is 0. The van der Waals surface area contributed by atoms with Crippen LogP contribution in [0.4, 0.5) is 0 Å². The van der Waals surface area contributed by atoms with Gasteiger partial charge in [0.2, 0.25) is 5.91 Å². The van der Waals surface area contributed by atoms with Crippen LogP contribution in [0.5, 0.6) is 0 Å². The van der Waals surface area contributed by atoms with E-state index in [1.165, 1.54) is 25.4 Å². The highest BCUT2D eigenvalue weighted by atomic mass is 16.3. The number of Topliss-reactive ketones (excluding diaryl/α,β-unsaturated/α-hetero) is 1. The van der Waals surface area contributed by atoms with E-state index >= 15 is 0 Å². The number of amides is 1. The van der Waals surface area contributed by atoms with Gasteiger partial charge in [-0.2, -0.15) is 0 Å². The first-order chi connectivity index (χ1) is 7.43. The first kappa shape index (κ1) is 12.3. The number of carbonyl (C=O) groups is 2. The molecule has 16 heavy (non-hydrogen) atoms. The average Bonchev–Trinajstić information content (AvgIpc) is 2.27. The normalized spacial score (nSPS) is 14.2. The van der Waals surface area contributed by atoms with Gasteiger partial charge in [-0.3, -0.25) is 14.6 Å². The largest absolute Gasteiger partial charge is 0.385 e. The van der Waals surface area contributed by atoms with E-state index in [-0.39, 0.29) is 16.9 Å². The maximum Gasteiger partial charge on any atom is 0.249 e. The van der Waals surface area contributed by atoms with E-state index in [1.54, 1.807) is 0 Å². The molecule has 2 unspecified atom stereocenters. The number of pyridine rings is 1. The van der Waals surface area contributed by atoms with E-state index in [2.05, 4.69) is 4.98 Å². The summed E-state index contributed by atoms with van der Waals surface area (Å²) in [6, 6.07) is 1.35. The lowest BCUT2D eigenvalue weighted by Gasteiger charge is -2.14. The average molecular weight is 224 g/mol. The predicted molar refractivity (Wildman–Crippen MR) is 54.4 cm³/mol. The fourth-order valence-corrected chi connectivity index (χ4v) is 1.15. The van der Waals surface area contributed by atoms with Crippen LogP contribution in [0.1, 0.15) is 28.9 Å². The molecular formula is C10H12N2O4. The van der Waals surface area contributed by atoms with Crippen molar-refractivity contribution in [2.45, 2.75) is 19.1 Å². The molecule has 1 amide bonds. The zero-order valence-electron chi connectivity index (χ0n) is 8.62. The second kappa shape index (κ2) is 4.82. The van der Waals surface area contributed by atoms with Crippen molar-refractivity contribution in [3.63, 3.8) is 0 Å². The minimum Gasteiger partial charge on any atom is -0.385 e. The number of aliphatic hydroxyl groups is 2. The Morgan fingerprint density at radius 3 is 2.50 bits per heavy atom. The summed E-state index contributed by atoms with van der Waals surface area (Å²) in [5.74, 6) is -1.27. The molecule has 4 N–H and O–H groups in total. The number of ketones is 1. The fourth-order valence-electron chi connectivity index (χ4n) is 1.15. The highest BCUT2D eigenvalue weighted by molar-refractivity contribution is 5.93. The zero-order chi connectivity index (χ0) is 12.3. The lowest BCUT2D eigenvalue weighted by molar-refractivity contribution is -0.131. The zero-order valence-corrected chi connectivity index (χ0v) is 8.62. The molecule has 0 spiro atoms. The van der Waals surface area contributed by atoms with Gasteiger partial charge in [0.15, 0.2) is 11.9 Å². The van der Waals surface area contributed by atoms with Crippen molar-refractivity contribution < 1.29 is 19.8 Å². The maximum absolute atomic E-state index is 11.0. The number of hydrogen-bond donors (Lipinski definition) is 3. The van der Waals surface area contributed by atoms with Gasteiger partial charge in [-0.1, -0.05) is 0 Å². The topological polar surface area (TPSA) is 114 Å². The molecule has 1 aromatic heterocycles. The van der Waals surface area contributed by atoms with Crippen molar-refractivity contribution in [3.05, 3.63) is 29.6 Å². The molecular weight excluding hydrogens is 212 g/mol. The summed E-state index contributed by atoms with van der Waals surface area (Å²) in [6.45, 7) is 1.34. The Balaban J connectivity index is 3.00. The molecule has 0 fully saturated rings. The van der Waals surface area contributed by atoms with E-state index in [0.29, 0.717) is 0 Å². The molecule has 6 heteroatoms. The summed E-state index contributed by atoms with van der Waals surface area (Å²) in [7, 11) is 0. The van der Waals surface area contributed by atoms with Crippen LogP contribution in [0.25, 0.3) is 0 Å². The van der Waals surface area contributed by atoms with Gasteiger partial charge in [-0.15, -0.1) is 0 Å². The number of rotatable bonds is 4. The van der Waals surface area contributed by atoms with Crippen LogP contribution in [0.3, 0.4) is 0 Å². The Morgan fingerprint density at radius 2 is 2.00 bits per heavy atom. The Hall–Kier alpha value is -1.79. The summed E-state index contributed by atoms with van der Waals surface area (Å²) in [5.41, 5.74) is 5.29. The number of nitrogens with two attached hydrogens (primary N) is 1. The maximum atomic E-state index is 11.0. The van der Waals surface area contributed by atoms with Crippen LogP contribution >= 0.6 is 0 Å². The van der Waals surface area contributed by atoms with Crippen LogP contribution in [0.15, 0.2) is 18.5 Å². The molecule has 0 aliphatic heterocycles. The number of carbonyl (C=O) groups excluding carboxylic acids is 2. The minimum atomic E-state index is -1.72. The Morgan fingerprint density at radius 1 is 1.38 bits per heavy atom. The number of primary amides is 1. The van der Waals surface area contributed by atoms with Crippen LogP contribution in [-0.4, -0.2) is 33.0 Å². The fraction of sp³-hybridized carbons (Fsp3) is 0.300. The van der Waals surface area contributed by atoms with Gasteiger partial charge in [-0.25, -0.2) is 0 Å². The quantitative estimate of drug-likeness (QED) is 0.577. The SMILES string of the molecule is CC(=O)c1cncc(C(O)C(O)C(N)=O)c1. The Labute approximate surface area is 91.7 Å². The molecule has 1 rings (SSSR count). The van der Waals surface area contributed by atoms with Crippen molar-refractivity contribution in [3.8, 4) is 0 Å². The van der Waals surface area contributed by atoms with Gasteiger partial charge in [0.1, 0.15) is 6.10 Å². The molecule has 6 nitrogen and oxygen atoms in total. The Kier molecular flexibility index (Phi) is 3.70. The van der Waals surface area contributed by atoms with Gasteiger partial charge in [-0.05, 0) is 13.0 Å². The summed E-state index contributed by atoms with van der Waals surface area (Å²) in [5, 5.41) is 18.8. The molecule has 0 saturated carbocycles. The van der Waals surface area contributed by atoms with Crippen LogP contribution in [0, 0.1) is 0 Å². The number of aromatic nitrogens is 1. The highest BCUT2D eigenvalue weighted by Gasteiger charge is 2.24. The third-order valence-corrected chi connectivity index (χ3v) is 2.10. The lowest BCUT2D eigenvalue weighted by Crippen LogP contribution is -2.33. The molecule has 86 valence electrons. The molecule has 1 aromatic rings. The van der Waals surface area contributed by atoms with E-state index in [1.807, 2.05) is 0 Å². The summed E-state index contributed by atoms with van der Waals surface area (Å²) < 4.78 is 0. The van der Waals surface area contributed by atoms with Crippen molar-refractivity contribution >= 4 is 11.7 Å². The first-order valence-electron chi connectivity index (χ1n) is 4.55. The van der Waals surface area contributed by atoms with E-state index < -0.39 is 18.1 Å². The minimum absolute atomic E-state index is 0.166. The second-order valence-corrected chi connectivity index (χ2v) is 3.36.